The summed E-state index contributed by atoms with van der Waals surface area (Å²) in [4.78, 5) is 2.79. The molecule has 0 bridgehead atoms. The van der Waals surface area contributed by atoms with Gasteiger partial charge in [0.05, 0.1) is 7.11 Å². The highest BCUT2D eigenvalue weighted by Crippen LogP contribution is 2.56. The quantitative estimate of drug-likeness (QED) is 0.789. The maximum Gasteiger partial charge on any atom is 0.118 e. The molecule has 0 aliphatic heterocycles. The number of rotatable bonds is 3. The van der Waals surface area contributed by atoms with Gasteiger partial charge in [0.2, 0.25) is 0 Å². The minimum atomic E-state index is -0.920. The zero-order valence-corrected chi connectivity index (χ0v) is 11.3. The monoisotopic (exact) mass is 246 g/mol. The van der Waals surface area contributed by atoms with E-state index < -0.39 is 10.0 Å². The Bertz CT molecular complexity index is 474. The van der Waals surface area contributed by atoms with Crippen LogP contribution in [-0.2, 0) is 0 Å². The van der Waals surface area contributed by atoms with Crippen molar-refractivity contribution in [3.8, 4) is 5.75 Å². The second-order valence-corrected chi connectivity index (χ2v) is 7.91. The summed E-state index contributed by atoms with van der Waals surface area (Å²) in [5.74, 6) is 0.914. The van der Waals surface area contributed by atoms with Crippen molar-refractivity contribution in [1.82, 2.24) is 0 Å². The molecular weight excluding hydrogens is 228 g/mol. The third-order valence-electron chi connectivity index (χ3n) is 2.98. The molecular formula is C15H18OS. The van der Waals surface area contributed by atoms with Gasteiger partial charge in [0.25, 0.3) is 0 Å². The van der Waals surface area contributed by atoms with Crippen molar-refractivity contribution in [2.45, 2.75) is 9.79 Å². The highest BCUT2D eigenvalue weighted by molar-refractivity contribution is 8.32. The van der Waals surface area contributed by atoms with E-state index in [0.717, 1.165) is 5.75 Å². The molecule has 0 saturated carbocycles. The van der Waals surface area contributed by atoms with E-state index in [-0.39, 0.29) is 0 Å². The molecule has 2 aromatic rings. The Kier molecular flexibility index (Phi) is 3.43. The van der Waals surface area contributed by atoms with E-state index in [2.05, 4.69) is 55.0 Å². The maximum atomic E-state index is 5.20. The average Bonchev–Trinajstić information content (AvgIpc) is 2.40. The van der Waals surface area contributed by atoms with Gasteiger partial charge in [-0.05, 0) is 58.7 Å². The number of hydrogen-bond donors (Lipinski definition) is 0. The number of hydrogen-bond acceptors (Lipinski definition) is 1. The van der Waals surface area contributed by atoms with Gasteiger partial charge in [-0.1, -0.05) is 18.2 Å². The van der Waals surface area contributed by atoms with Gasteiger partial charge in [0.1, 0.15) is 5.75 Å². The summed E-state index contributed by atoms with van der Waals surface area (Å²) in [6.45, 7) is 0. The van der Waals surface area contributed by atoms with Crippen LogP contribution in [0.4, 0.5) is 0 Å². The number of methoxy groups -OCH3 is 1. The Labute approximate surface area is 105 Å². The predicted molar refractivity (Wildman–Crippen MR) is 75.4 cm³/mol. The third kappa shape index (κ3) is 2.47. The first-order valence-corrected chi connectivity index (χ1v) is 8.02. The van der Waals surface area contributed by atoms with Gasteiger partial charge >= 0.3 is 0 Å². The van der Waals surface area contributed by atoms with Crippen LogP contribution in [0, 0.1) is 0 Å². The summed E-state index contributed by atoms with van der Waals surface area (Å²) in [6, 6.07) is 19.1. The molecule has 90 valence electrons. The second kappa shape index (κ2) is 4.84. The molecule has 0 amide bonds. The van der Waals surface area contributed by atoms with E-state index in [9.17, 15) is 0 Å². The van der Waals surface area contributed by atoms with Crippen LogP contribution in [0.25, 0.3) is 0 Å². The Morgan fingerprint density at radius 2 is 1.29 bits per heavy atom. The van der Waals surface area contributed by atoms with Gasteiger partial charge in [-0.15, -0.1) is 0 Å². The van der Waals surface area contributed by atoms with Crippen molar-refractivity contribution >= 4 is 10.0 Å². The summed E-state index contributed by atoms with van der Waals surface area (Å²) in [6.07, 6.45) is 4.65. The van der Waals surface area contributed by atoms with Crippen LogP contribution < -0.4 is 4.74 Å². The van der Waals surface area contributed by atoms with Crippen LogP contribution in [0.2, 0.25) is 0 Å². The topological polar surface area (TPSA) is 9.23 Å². The van der Waals surface area contributed by atoms with Gasteiger partial charge in [-0.2, -0.15) is 10.0 Å². The van der Waals surface area contributed by atoms with E-state index in [4.69, 9.17) is 4.74 Å². The summed E-state index contributed by atoms with van der Waals surface area (Å²) < 4.78 is 5.20. The van der Waals surface area contributed by atoms with E-state index in [1.807, 2.05) is 12.1 Å². The lowest BCUT2D eigenvalue weighted by Crippen LogP contribution is -1.97. The molecule has 0 spiro atoms. The van der Waals surface area contributed by atoms with Crippen LogP contribution in [0.15, 0.2) is 64.4 Å². The Morgan fingerprint density at radius 3 is 1.82 bits per heavy atom. The molecule has 0 aliphatic carbocycles. The molecule has 1 nitrogen and oxygen atoms in total. The summed E-state index contributed by atoms with van der Waals surface area (Å²) in [5.41, 5.74) is 0. The lowest BCUT2D eigenvalue weighted by atomic mass is 10.3. The molecule has 2 aromatic carbocycles. The molecule has 2 heteroatoms. The van der Waals surface area contributed by atoms with Crippen molar-refractivity contribution in [2.24, 2.45) is 0 Å². The third-order valence-corrected chi connectivity index (χ3v) is 5.88. The Balaban J connectivity index is 2.37. The summed E-state index contributed by atoms with van der Waals surface area (Å²) >= 11 is 0. The smallest absolute Gasteiger partial charge is 0.118 e. The molecule has 0 fully saturated rings. The fourth-order valence-corrected chi connectivity index (χ4v) is 3.74. The molecule has 17 heavy (non-hydrogen) atoms. The van der Waals surface area contributed by atoms with Gasteiger partial charge in [-0.3, -0.25) is 0 Å². The minimum Gasteiger partial charge on any atom is -0.497 e. The first kappa shape index (κ1) is 12.1. The molecule has 0 radical (unpaired) electrons. The van der Waals surface area contributed by atoms with E-state index in [1.54, 1.807) is 7.11 Å². The maximum absolute atomic E-state index is 5.20. The first-order chi connectivity index (χ1) is 8.14. The Morgan fingerprint density at radius 1 is 0.765 bits per heavy atom. The molecule has 0 atom stereocenters. The molecule has 0 N–H and O–H groups in total. The van der Waals surface area contributed by atoms with Crippen LogP contribution in [0.3, 0.4) is 0 Å². The zero-order chi connectivity index (χ0) is 12.3. The van der Waals surface area contributed by atoms with Crippen molar-refractivity contribution in [3.63, 3.8) is 0 Å². The van der Waals surface area contributed by atoms with Gasteiger partial charge in [-0.25, -0.2) is 0 Å². The van der Waals surface area contributed by atoms with E-state index in [1.165, 1.54) is 9.79 Å². The van der Waals surface area contributed by atoms with Crippen molar-refractivity contribution < 1.29 is 4.74 Å². The van der Waals surface area contributed by atoms with Gasteiger partial charge in [0.15, 0.2) is 0 Å². The summed E-state index contributed by atoms with van der Waals surface area (Å²) in [7, 11) is 0.779. The molecule has 0 saturated heterocycles. The fraction of sp³-hybridized carbons (Fsp3) is 0.200. The molecule has 0 aromatic heterocycles. The lowest BCUT2D eigenvalue weighted by Gasteiger charge is -2.32. The standard InChI is InChI=1S/C15H18OS/c1-16-13-9-11-15(12-10-13)17(2,3)14-7-5-4-6-8-14/h4-12H,1-3H3. The van der Waals surface area contributed by atoms with Crippen molar-refractivity contribution in [1.29, 1.82) is 0 Å². The number of benzene rings is 2. The Hall–Kier alpha value is -1.41. The van der Waals surface area contributed by atoms with E-state index in [0.29, 0.717) is 0 Å². The predicted octanol–water partition coefficient (Wildman–Crippen LogP) is 4.18. The molecule has 2 rings (SSSR count). The molecule has 0 unspecified atom stereocenters. The normalized spacial score (nSPS) is 12.2. The van der Waals surface area contributed by atoms with Gasteiger partial charge < -0.3 is 4.74 Å². The fourth-order valence-electron chi connectivity index (χ4n) is 1.81. The van der Waals surface area contributed by atoms with Crippen molar-refractivity contribution in [2.75, 3.05) is 19.6 Å². The van der Waals surface area contributed by atoms with Crippen LogP contribution >= 0.6 is 10.0 Å². The largest absolute Gasteiger partial charge is 0.497 e. The SMILES string of the molecule is COc1ccc(S(C)(C)c2ccccc2)cc1. The molecule has 0 heterocycles. The summed E-state index contributed by atoms with van der Waals surface area (Å²) in [5, 5.41) is 0. The highest BCUT2D eigenvalue weighted by Gasteiger charge is 2.16. The average molecular weight is 246 g/mol. The lowest BCUT2D eigenvalue weighted by molar-refractivity contribution is 0.414. The van der Waals surface area contributed by atoms with Crippen molar-refractivity contribution in [3.05, 3.63) is 54.6 Å². The van der Waals surface area contributed by atoms with Crippen LogP contribution in [0.5, 0.6) is 5.75 Å². The highest BCUT2D eigenvalue weighted by atomic mass is 32.3. The minimum absolute atomic E-state index is 0.914. The number of ether oxygens (including phenoxy) is 1. The van der Waals surface area contributed by atoms with Crippen LogP contribution in [0.1, 0.15) is 0 Å². The first-order valence-electron chi connectivity index (χ1n) is 5.57. The zero-order valence-electron chi connectivity index (χ0n) is 10.5. The van der Waals surface area contributed by atoms with Crippen LogP contribution in [-0.4, -0.2) is 19.6 Å². The van der Waals surface area contributed by atoms with Gasteiger partial charge in [0, 0.05) is 0 Å². The second-order valence-electron chi connectivity index (χ2n) is 4.32. The van der Waals surface area contributed by atoms with E-state index >= 15 is 0 Å². The molecule has 0 aliphatic rings.